The first-order chi connectivity index (χ1) is 10.8. The van der Waals surface area contributed by atoms with Crippen LogP contribution in [0.5, 0.6) is 0 Å². The van der Waals surface area contributed by atoms with E-state index >= 15 is 0 Å². The molecule has 1 aromatic heterocycles. The molecular weight excluding hydrogens is 324 g/mol. The maximum Gasteiger partial charge on any atom is 0.334 e. The van der Waals surface area contributed by atoms with Crippen LogP contribution >= 0.6 is 11.6 Å². The molecule has 122 valence electrons. The Balaban J connectivity index is 2.06. The van der Waals surface area contributed by atoms with Crippen LogP contribution in [-0.4, -0.2) is 51.6 Å². The van der Waals surface area contributed by atoms with E-state index in [1.807, 2.05) is 13.8 Å². The van der Waals surface area contributed by atoms with Gasteiger partial charge in [0.25, 0.3) is 0 Å². The number of imide groups is 2. The van der Waals surface area contributed by atoms with E-state index in [-0.39, 0.29) is 23.3 Å². The van der Waals surface area contributed by atoms with Gasteiger partial charge in [-0.2, -0.15) is 0 Å². The van der Waals surface area contributed by atoms with Gasteiger partial charge in [0.05, 0.1) is 5.69 Å². The molecule has 8 nitrogen and oxygen atoms in total. The fourth-order valence-electron chi connectivity index (χ4n) is 2.03. The standard InChI is InChI=1S/C14H15ClN4O4/c1-8(2)6-18-12(21)13(22)19(14(18)23)7-10(20)17-9-4-3-5-16-11(9)15/h3-5,8H,6-7H2,1-2H3,(H,17,20). The number of nitrogens with zero attached hydrogens (tertiary/aromatic N) is 3. The third-order valence-electron chi connectivity index (χ3n) is 3.02. The summed E-state index contributed by atoms with van der Waals surface area (Å²) in [4.78, 5) is 53.0. The van der Waals surface area contributed by atoms with E-state index in [0.717, 1.165) is 4.90 Å². The van der Waals surface area contributed by atoms with Crippen LogP contribution in [-0.2, 0) is 14.4 Å². The van der Waals surface area contributed by atoms with Crippen molar-refractivity contribution in [3.05, 3.63) is 23.5 Å². The summed E-state index contributed by atoms with van der Waals surface area (Å²) in [7, 11) is 0. The van der Waals surface area contributed by atoms with Gasteiger partial charge in [0.15, 0.2) is 5.15 Å². The number of carbonyl (C=O) groups excluding carboxylic acids is 4. The molecular formula is C14H15ClN4O4. The van der Waals surface area contributed by atoms with E-state index in [1.165, 1.54) is 12.3 Å². The van der Waals surface area contributed by atoms with Gasteiger partial charge in [0, 0.05) is 12.7 Å². The molecule has 0 unspecified atom stereocenters. The summed E-state index contributed by atoms with van der Waals surface area (Å²) in [6.07, 6.45) is 1.45. The molecule has 0 aliphatic carbocycles. The Bertz CT molecular complexity index is 676. The van der Waals surface area contributed by atoms with E-state index in [4.69, 9.17) is 11.6 Å². The van der Waals surface area contributed by atoms with Crippen LogP contribution in [0.1, 0.15) is 13.8 Å². The van der Waals surface area contributed by atoms with E-state index in [1.54, 1.807) is 6.07 Å². The van der Waals surface area contributed by atoms with Crippen molar-refractivity contribution in [1.82, 2.24) is 14.8 Å². The van der Waals surface area contributed by atoms with Crippen molar-refractivity contribution < 1.29 is 19.2 Å². The van der Waals surface area contributed by atoms with Crippen molar-refractivity contribution >= 4 is 41.0 Å². The summed E-state index contributed by atoms with van der Waals surface area (Å²) in [5.41, 5.74) is 0.253. The Morgan fingerprint density at radius 3 is 2.52 bits per heavy atom. The number of carbonyl (C=O) groups is 4. The monoisotopic (exact) mass is 338 g/mol. The quantitative estimate of drug-likeness (QED) is 0.492. The number of rotatable bonds is 5. The second-order valence-electron chi connectivity index (χ2n) is 5.37. The van der Waals surface area contributed by atoms with Gasteiger partial charge in [-0.1, -0.05) is 25.4 Å². The van der Waals surface area contributed by atoms with Crippen LogP contribution in [0.25, 0.3) is 0 Å². The van der Waals surface area contributed by atoms with E-state index in [2.05, 4.69) is 10.3 Å². The van der Waals surface area contributed by atoms with E-state index in [9.17, 15) is 19.2 Å². The van der Waals surface area contributed by atoms with Crippen molar-refractivity contribution in [1.29, 1.82) is 0 Å². The molecule has 1 aliphatic rings. The summed E-state index contributed by atoms with van der Waals surface area (Å²) in [5, 5.41) is 2.52. The highest BCUT2D eigenvalue weighted by Gasteiger charge is 2.45. The minimum atomic E-state index is -1.01. The summed E-state index contributed by atoms with van der Waals surface area (Å²) in [5.74, 6) is -2.57. The Labute approximate surface area is 137 Å². The van der Waals surface area contributed by atoms with Gasteiger partial charge < -0.3 is 5.32 Å². The van der Waals surface area contributed by atoms with Crippen LogP contribution in [0.2, 0.25) is 5.15 Å². The molecule has 23 heavy (non-hydrogen) atoms. The second-order valence-corrected chi connectivity index (χ2v) is 5.73. The number of hydrogen-bond acceptors (Lipinski definition) is 5. The molecule has 1 aromatic rings. The van der Waals surface area contributed by atoms with Crippen molar-refractivity contribution in [2.24, 2.45) is 5.92 Å². The van der Waals surface area contributed by atoms with E-state index < -0.39 is 30.3 Å². The molecule has 2 rings (SSSR count). The predicted molar refractivity (Wildman–Crippen MR) is 81.5 cm³/mol. The molecule has 1 N–H and O–H groups in total. The van der Waals surface area contributed by atoms with Gasteiger partial charge in [0.2, 0.25) is 5.91 Å². The molecule has 0 spiro atoms. The first-order valence-electron chi connectivity index (χ1n) is 6.89. The number of nitrogens with one attached hydrogen (secondary N) is 1. The number of amides is 5. The fourth-order valence-corrected chi connectivity index (χ4v) is 2.20. The zero-order chi connectivity index (χ0) is 17.1. The lowest BCUT2D eigenvalue weighted by Crippen LogP contribution is -2.39. The molecule has 0 atom stereocenters. The van der Waals surface area contributed by atoms with Gasteiger partial charge in [-0.3, -0.25) is 19.3 Å². The third kappa shape index (κ3) is 3.65. The SMILES string of the molecule is CC(C)CN1C(=O)C(=O)N(CC(=O)Nc2cccnc2Cl)C1=O. The first-order valence-corrected chi connectivity index (χ1v) is 7.26. The number of pyridine rings is 1. The zero-order valence-electron chi connectivity index (χ0n) is 12.6. The number of anilines is 1. The lowest BCUT2D eigenvalue weighted by molar-refractivity contribution is -0.143. The highest BCUT2D eigenvalue weighted by molar-refractivity contribution is 6.45. The van der Waals surface area contributed by atoms with Gasteiger partial charge in [-0.15, -0.1) is 0 Å². The van der Waals surface area contributed by atoms with Crippen molar-refractivity contribution in [2.45, 2.75) is 13.8 Å². The molecule has 1 aliphatic heterocycles. The minimum Gasteiger partial charge on any atom is -0.322 e. The second kappa shape index (κ2) is 6.74. The van der Waals surface area contributed by atoms with Gasteiger partial charge >= 0.3 is 17.8 Å². The van der Waals surface area contributed by atoms with Crippen LogP contribution in [0, 0.1) is 5.92 Å². The Hall–Kier alpha value is -2.48. The van der Waals surface area contributed by atoms with Gasteiger partial charge in [-0.05, 0) is 18.1 Å². The predicted octanol–water partition coefficient (Wildman–Crippen LogP) is 1.12. The Morgan fingerprint density at radius 1 is 1.26 bits per heavy atom. The molecule has 2 heterocycles. The molecule has 0 bridgehead atoms. The minimum absolute atomic E-state index is 0.0127. The molecule has 0 saturated carbocycles. The molecule has 0 radical (unpaired) electrons. The molecule has 9 heteroatoms. The largest absolute Gasteiger partial charge is 0.334 e. The molecule has 1 saturated heterocycles. The average Bonchev–Trinajstić information content (AvgIpc) is 2.67. The number of hydrogen-bond donors (Lipinski definition) is 1. The van der Waals surface area contributed by atoms with Gasteiger partial charge in [0.1, 0.15) is 6.54 Å². The highest BCUT2D eigenvalue weighted by atomic mass is 35.5. The fraction of sp³-hybridized carbons (Fsp3) is 0.357. The number of halogens is 1. The van der Waals surface area contributed by atoms with E-state index in [0.29, 0.717) is 4.90 Å². The lowest BCUT2D eigenvalue weighted by Gasteiger charge is -2.16. The Morgan fingerprint density at radius 2 is 1.91 bits per heavy atom. The Kier molecular flexibility index (Phi) is 4.95. The molecule has 1 fully saturated rings. The van der Waals surface area contributed by atoms with Crippen molar-refractivity contribution in [3.8, 4) is 0 Å². The van der Waals surface area contributed by atoms with Crippen LogP contribution in [0.4, 0.5) is 10.5 Å². The first kappa shape index (κ1) is 16.9. The smallest absolute Gasteiger partial charge is 0.322 e. The average molecular weight is 339 g/mol. The highest BCUT2D eigenvalue weighted by Crippen LogP contribution is 2.18. The van der Waals surface area contributed by atoms with Crippen molar-refractivity contribution in [3.63, 3.8) is 0 Å². The topological polar surface area (TPSA) is 99.7 Å². The third-order valence-corrected chi connectivity index (χ3v) is 3.32. The summed E-state index contributed by atoms with van der Waals surface area (Å²) >= 11 is 5.81. The van der Waals surface area contributed by atoms with Crippen LogP contribution in [0.3, 0.4) is 0 Å². The molecule has 0 aromatic carbocycles. The molecule has 5 amide bonds. The summed E-state index contributed by atoms with van der Waals surface area (Å²) in [6, 6.07) is 2.31. The number of urea groups is 1. The maximum absolute atomic E-state index is 12.1. The van der Waals surface area contributed by atoms with Gasteiger partial charge in [-0.25, -0.2) is 14.7 Å². The number of aromatic nitrogens is 1. The van der Waals surface area contributed by atoms with Crippen LogP contribution in [0.15, 0.2) is 18.3 Å². The van der Waals surface area contributed by atoms with Crippen LogP contribution < -0.4 is 5.32 Å². The summed E-state index contributed by atoms with van der Waals surface area (Å²) < 4.78 is 0. The lowest BCUT2D eigenvalue weighted by atomic mass is 10.2. The maximum atomic E-state index is 12.1. The summed E-state index contributed by atoms with van der Waals surface area (Å²) in [6.45, 7) is 3.18. The normalized spacial score (nSPS) is 14.9. The zero-order valence-corrected chi connectivity index (χ0v) is 13.3. The van der Waals surface area contributed by atoms with Crippen molar-refractivity contribution in [2.75, 3.05) is 18.4 Å².